The number of carboxylic acid groups (broad SMARTS) is 1. The molecule has 0 aliphatic rings. The third kappa shape index (κ3) is 2.60. The molecule has 0 saturated heterocycles. The summed E-state index contributed by atoms with van der Waals surface area (Å²) in [6.45, 7) is 0. The van der Waals surface area contributed by atoms with Crippen molar-refractivity contribution in [1.82, 2.24) is 4.98 Å². The SMILES string of the molecule is COc1ccc2c(=O)c(C(=O)O)c(-c3cc(F)cc(F)c3)[nH]c2c1. The van der Waals surface area contributed by atoms with Gasteiger partial charge < -0.3 is 14.8 Å². The van der Waals surface area contributed by atoms with Gasteiger partial charge in [-0.05, 0) is 24.3 Å². The zero-order chi connectivity index (χ0) is 17.4. The predicted octanol–water partition coefficient (Wildman–Crippen LogP) is 3.18. The highest BCUT2D eigenvalue weighted by Gasteiger charge is 2.20. The largest absolute Gasteiger partial charge is 0.497 e. The number of nitrogens with one attached hydrogen (secondary N) is 1. The summed E-state index contributed by atoms with van der Waals surface area (Å²) in [6.07, 6.45) is 0. The van der Waals surface area contributed by atoms with Crippen molar-refractivity contribution in [3.8, 4) is 17.0 Å². The Kier molecular flexibility index (Phi) is 3.76. The average Bonchev–Trinajstić information content (AvgIpc) is 2.52. The van der Waals surface area contributed by atoms with E-state index in [2.05, 4.69) is 4.98 Å². The van der Waals surface area contributed by atoms with Gasteiger partial charge in [0, 0.05) is 23.1 Å². The average molecular weight is 331 g/mol. The van der Waals surface area contributed by atoms with Crippen LogP contribution < -0.4 is 10.2 Å². The van der Waals surface area contributed by atoms with Crippen molar-refractivity contribution in [2.75, 3.05) is 7.11 Å². The number of hydrogen-bond acceptors (Lipinski definition) is 3. The number of halogens is 2. The lowest BCUT2D eigenvalue weighted by atomic mass is 10.0. The quantitative estimate of drug-likeness (QED) is 0.772. The first kappa shape index (κ1) is 15.7. The molecule has 0 radical (unpaired) electrons. The Morgan fingerprint density at radius 1 is 1.12 bits per heavy atom. The van der Waals surface area contributed by atoms with Crippen LogP contribution in [0, 0.1) is 11.6 Å². The molecule has 1 aromatic heterocycles. The summed E-state index contributed by atoms with van der Waals surface area (Å²) in [7, 11) is 1.44. The highest BCUT2D eigenvalue weighted by Crippen LogP contribution is 2.26. The van der Waals surface area contributed by atoms with E-state index in [1.165, 1.54) is 25.3 Å². The van der Waals surface area contributed by atoms with Gasteiger partial charge in [-0.2, -0.15) is 0 Å². The summed E-state index contributed by atoms with van der Waals surface area (Å²) >= 11 is 0. The lowest BCUT2D eigenvalue weighted by Crippen LogP contribution is -2.18. The molecule has 0 aliphatic heterocycles. The molecule has 0 saturated carbocycles. The number of hydrogen-bond donors (Lipinski definition) is 2. The van der Waals surface area contributed by atoms with Gasteiger partial charge in [-0.1, -0.05) is 0 Å². The van der Waals surface area contributed by atoms with Crippen molar-refractivity contribution < 1.29 is 23.4 Å². The van der Waals surface area contributed by atoms with Crippen LogP contribution >= 0.6 is 0 Å². The highest BCUT2D eigenvalue weighted by atomic mass is 19.1. The van der Waals surface area contributed by atoms with Crippen LogP contribution in [-0.4, -0.2) is 23.2 Å². The molecule has 2 aromatic carbocycles. The Labute approximate surface area is 134 Å². The van der Waals surface area contributed by atoms with Crippen LogP contribution in [0.3, 0.4) is 0 Å². The van der Waals surface area contributed by atoms with E-state index in [9.17, 15) is 23.5 Å². The van der Waals surface area contributed by atoms with E-state index in [1.54, 1.807) is 0 Å². The first-order valence-electron chi connectivity index (χ1n) is 6.84. The number of carbonyl (C=O) groups is 1. The summed E-state index contributed by atoms with van der Waals surface area (Å²) in [4.78, 5) is 26.8. The van der Waals surface area contributed by atoms with Gasteiger partial charge in [0.05, 0.1) is 18.3 Å². The fourth-order valence-corrected chi connectivity index (χ4v) is 2.52. The van der Waals surface area contributed by atoms with Gasteiger partial charge in [-0.25, -0.2) is 13.6 Å². The maximum Gasteiger partial charge on any atom is 0.341 e. The Morgan fingerprint density at radius 2 is 1.79 bits per heavy atom. The first-order chi connectivity index (χ1) is 11.4. The fourth-order valence-electron chi connectivity index (χ4n) is 2.52. The van der Waals surface area contributed by atoms with Crippen LogP contribution in [-0.2, 0) is 0 Å². The second-order valence-electron chi connectivity index (χ2n) is 5.08. The number of fused-ring (bicyclic) bond motifs is 1. The lowest BCUT2D eigenvalue weighted by molar-refractivity contribution is 0.0696. The zero-order valence-corrected chi connectivity index (χ0v) is 12.4. The molecule has 7 heteroatoms. The second-order valence-corrected chi connectivity index (χ2v) is 5.08. The number of rotatable bonds is 3. The number of benzene rings is 2. The number of methoxy groups -OCH3 is 1. The smallest absolute Gasteiger partial charge is 0.341 e. The molecule has 122 valence electrons. The van der Waals surface area contributed by atoms with E-state index >= 15 is 0 Å². The van der Waals surface area contributed by atoms with Crippen LogP contribution in [0.15, 0.2) is 41.2 Å². The highest BCUT2D eigenvalue weighted by molar-refractivity contribution is 5.99. The van der Waals surface area contributed by atoms with Crippen molar-refractivity contribution in [3.63, 3.8) is 0 Å². The van der Waals surface area contributed by atoms with Crippen LogP contribution in [0.25, 0.3) is 22.2 Å². The van der Waals surface area contributed by atoms with Crippen molar-refractivity contribution in [1.29, 1.82) is 0 Å². The van der Waals surface area contributed by atoms with Gasteiger partial charge in [0.1, 0.15) is 22.9 Å². The number of pyridine rings is 1. The molecular weight excluding hydrogens is 320 g/mol. The molecule has 5 nitrogen and oxygen atoms in total. The van der Waals surface area contributed by atoms with E-state index in [-0.39, 0.29) is 16.6 Å². The van der Waals surface area contributed by atoms with Crippen molar-refractivity contribution >= 4 is 16.9 Å². The Balaban J connectivity index is 2.42. The molecule has 0 atom stereocenters. The monoisotopic (exact) mass is 331 g/mol. The molecule has 0 amide bonds. The zero-order valence-electron chi connectivity index (χ0n) is 12.4. The fraction of sp³-hybridized carbons (Fsp3) is 0.0588. The standard InChI is InChI=1S/C17H11F2NO4/c1-24-11-2-3-12-13(7-11)20-15(14(16(12)21)17(22)23)8-4-9(18)6-10(19)5-8/h2-7H,1H3,(H,20,21)(H,22,23). The molecule has 0 fully saturated rings. The first-order valence-corrected chi connectivity index (χ1v) is 6.84. The third-order valence-corrected chi connectivity index (χ3v) is 3.57. The maximum absolute atomic E-state index is 13.5. The minimum Gasteiger partial charge on any atom is -0.497 e. The molecule has 1 heterocycles. The summed E-state index contributed by atoms with van der Waals surface area (Å²) < 4.78 is 32.0. The van der Waals surface area contributed by atoms with E-state index in [0.29, 0.717) is 17.3 Å². The van der Waals surface area contributed by atoms with Gasteiger partial charge in [0.15, 0.2) is 0 Å². The number of H-pyrrole nitrogens is 1. The summed E-state index contributed by atoms with van der Waals surface area (Å²) in [5, 5.41) is 9.51. The van der Waals surface area contributed by atoms with Crippen LogP contribution in [0.1, 0.15) is 10.4 Å². The van der Waals surface area contributed by atoms with Gasteiger partial charge >= 0.3 is 5.97 Å². The Bertz CT molecular complexity index is 1010. The minimum atomic E-state index is -1.49. The maximum atomic E-state index is 13.5. The van der Waals surface area contributed by atoms with Crippen molar-refractivity contribution in [2.24, 2.45) is 0 Å². The molecule has 0 aliphatic carbocycles. The normalized spacial score (nSPS) is 10.8. The molecular formula is C17H11F2NO4. The van der Waals surface area contributed by atoms with E-state index in [1.807, 2.05) is 0 Å². The molecule has 0 spiro atoms. The molecule has 2 N–H and O–H groups in total. The van der Waals surface area contributed by atoms with Gasteiger partial charge in [-0.3, -0.25) is 4.79 Å². The van der Waals surface area contributed by atoms with Gasteiger partial charge in [0.2, 0.25) is 5.43 Å². The Hall–Kier alpha value is -3.22. The van der Waals surface area contributed by atoms with Crippen LogP contribution in [0.5, 0.6) is 5.75 Å². The Morgan fingerprint density at radius 3 is 2.38 bits per heavy atom. The predicted molar refractivity (Wildman–Crippen MR) is 83.4 cm³/mol. The third-order valence-electron chi connectivity index (χ3n) is 3.57. The lowest BCUT2D eigenvalue weighted by Gasteiger charge is -2.10. The number of aromatic carboxylic acids is 1. The molecule has 3 rings (SSSR count). The molecule has 0 unspecified atom stereocenters. The number of aromatic nitrogens is 1. The summed E-state index contributed by atoms with van der Waals surface area (Å²) in [5.41, 5.74) is -1.29. The van der Waals surface area contributed by atoms with E-state index in [0.717, 1.165) is 12.1 Å². The number of aromatic amines is 1. The van der Waals surface area contributed by atoms with Crippen LogP contribution in [0.4, 0.5) is 8.78 Å². The number of carboxylic acids is 1. The molecule has 0 bridgehead atoms. The second kappa shape index (κ2) is 5.77. The van der Waals surface area contributed by atoms with Gasteiger partial charge in [0.25, 0.3) is 0 Å². The van der Waals surface area contributed by atoms with Gasteiger partial charge in [-0.15, -0.1) is 0 Å². The van der Waals surface area contributed by atoms with Crippen LogP contribution in [0.2, 0.25) is 0 Å². The summed E-state index contributed by atoms with van der Waals surface area (Å²) in [5.74, 6) is -2.81. The molecule has 3 aromatic rings. The minimum absolute atomic E-state index is 0.0771. The molecule has 24 heavy (non-hydrogen) atoms. The van der Waals surface area contributed by atoms with Crippen molar-refractivity contribution in [2.45, 2.75) is 0 Å². The van der Waals surface area contributed by atoms with E-state index in [4.69, 9.17) is 4.74 Å². The summed E-state index contributed by atoms with van der Waals surface area (Å²) in [6, 6.07) is 7.01. The van der Waals surface area contributed by atoms with E-state index < -0.39 is 28.6 Å². The topological polar surface area (TPSA) is 79.4 Å². The van der Waals surface area contributed by atoms with Crippen molar-refractivity contribution in [3.05, 3.63) is 63.8 Å². The number of ether oxygens (including phenoxy) is 1.